The molecule has 104 valence electrons. The average molecular weight is 355 g/mol. The molecular formula is C14H12BrFN2OS. The smallest absolute Gasteiger partial charge is 0.178 e. The molecule has 2 aromatic heterocycles. The first kappa shape index (κ1) is 13.6. The van der Waals surface area contributed by atoms with E-state index in [4.69, 9.17) is 16.6 Å². The number of imidazole rings is 1. The quantitative estimate of drug-likeness (QED) is 0.648. The van der Waals surface area contributed by atoms with Crippen LogP contribution in [0.3, 0.4) is 0 Å². The zero-order chi connectivity index (χ0) is 14.4. The molecule has 2 heterocycles. The maximum absolute atomic E-state index is 13.8. The number of aromatic nitrogens is 2. The molecule has 1 N–H and O–H groups in total. The maximum Gasteiger partial charge on any atom is 0.178 e. The van der Waals surface area contributed by atoms with Crippen LogP contribution in [0.4, 0.5) is 4.39 Å². The van der Waals surface area contributed by atoms with Gasteiger partial charge in [-0.2, -0.15) is 0 Å². The van der Waals surface area contributed by atoms with E-state index in [1.54, 1.807) is 6.07 Å². The number of aromatic amines is 1. The van der Waals surface area contributed by atoms with Crippen molar-refractivity contribution in [2.45, 2.75) is 19.9 Å². The molecule has 0 spiro atoms. The van der Waals surface area contributed by atoms with Gasteiger partial charge in [0, 0.05) is 6.07 Å². The first-order chi connectivity index (χ1) is 9.47. The molecule has 1 aromatic carbocycles. The third-order valence-electron chi connectivity index (χ3n) is 3.32. The monoisotopic (exact) mass is 354 g/mol. The summed E-state index contributed by atoms with van der Waals surface area (Å²) in [6.07, 6.45) is 0. The van der Waals surface area contributed by atoms with Crippen molar-refractivity contribution in [1.82, 2.24) is 9.55 Å². The fraction of sp³-hybridized carbons (Fsp3) is 0.214. The third-order valence-corrected chi connectivity index (χ3v) is 4.23. The number of hydrogen-bond donors (Lipinski definition) is 1. The zero-order valence-corrected chi connectivity index (χ0v) is 13.3. The van der Waals surface area contributed by atoms with Gasteiger partial charge in [0.15, 0.2) is 4.77 Å². The van der Waals surface area contributed by atoms with E-state index in [1.807, 2.05) is 30.5 Å². The molecule has 0 amide bonds. The Morgan fingerprint density at radius 3 is 2.80 bits per heavy atom. The van der Waals surface area contributed by atoms with Crippen molar-refractivity contribution in [3.05, 3.63) is 50.8 Å². The van der Waals surface area contributed by atoms with Crippen molar-refractivity contribution >= 4 is 39.2 Å². The molecule has 0 aliphatic rings. The number of benzene rings is 1. The summed E-state index contributed by atoms with van der Waals surface area (Å²) < 4.78 is 22.2. The molecule has 1 unspecified atom stereocenters. The number of furan rings is 1. The van der Waals surface area contributed by atoms with Gasteiger partial charge in [0.05, 0.1) is 21.5 Å². The minimum atomic E-state index is -0.317. The second kappa shape index (κ2) is 4.86. The molecule has 3 nitrogen and oxygen atoms in total. The lowest BCUT2D eigenvalue weighted by atomic mass is 10.2. The van der Waals surface area contributed by atoms with Gasteiger partial charge in [-0.05, 0) is 60.2 Å². The summed E-state index contributed by atoms with van der Waals surface area (Å²) in [5.74, 6) is 1.32. The Labute approximate surface area is 128 Å². The van der Waals surface area contributed by atoms with Gasteiger partial charge in [-0.3, -0.25) is 0 Å². The number of H-pyrrole nitrogens is 1. The lowest BCUT2D eigenvalue weighted by molar-refractivity contribution is 0.431. The topological polar surface area (TPSA) is 33.9 Å². The van der Waals surface area contributed by atoms with Gasteiger partial charge >= 0.3 is 0 Å². The Morgan fingerprint density at radius 2 is 2.15 bits per heavy atom. The molecule has 0 aliphatic heterocycles. The SMILES string of the molecule is Cc1ccc(C(C)n2c(=S)[nH]c3cc(Br)c(F)cc32)o1. The predicted molar refractivity (Wildman–Crippen MR) is 82.0 cm³/mol. The van der Waals surface area contributed by atoms with E-state index in [9.17, 15) is 4.39 Å². The highest BCUT2D eigenvalue weighted by atomic mass is 79.9. The molecule has 0 aliphatic carbocycles. The summed E-state index contributed by atoms with van der Waals surface area (Å²) in [6.45, 7) is 3.86. The van der Waals surface area contributed by atoms with Crippen LogP contribution >= 0.6 is 28.1 Å². The molecule has 6 heteroatoms. The number of hydrogen-bond acceptors (Lipinski definition) is 2. The molecule has 3 rings (SSSR count). The number of nitrogens with one attached hydrogen (secondary N) is 1. The van der Waals surface area contributed by atoms with E-state index in [0.717, 1.165) is 22.6 Å². The van der Waals surface area contributed by atoms with Crippen LogP contribution in [0.5, 0.6) is 0 Å². The Bertz CT molecular complexity index is 849. The molecule has 1 atom stereocenters. The summed E-state index contributed by atoms with van der Waals surface area (Å²) in [5, 5.41) is 0. The van der Waals surface area contributed by atoms with Crippen LogP contribution in [0.15, 0.2) is 33.2 Å². The van der Waals surface area contributed by atoms with Gasteiger partial charge in [-0.1, -0.05) is 0 Å². The van der Waals surface area contributed by atoms with Crippen LogP contribution in [0.2, 0.25) is 0 Å². The molecule has 0 radical (unpaired) electrons. The molecule has 20 heavy (non-hydrogen) atoms. The maximum atomic E-state index is 13.8. The second-order valence-corrected chi connectivity index (χ2v) is 5.95. The lowest BCUT2D eigenvalue weighted by Crippen LogP contribution is -2.06. The second-order valence-electron chi connectivity index (χ2n) is 4.71. The van der Waals surface area contributed by atoms with E-state index in [-0.39, 0.29) is 11.9 Å². The number of aryl methyl sites for hydroxylation is 1. The molecule has 0 bridgehead atoms. The van der Waals surface area contributed by atoms with Crippen molar-refractivity contribution in [3.63, 3.8) is 0 Å². The first-order valence-corrected chi connectivity index (χ1v) is 7.33. The van der Waals surface area contributed by atoms with Crippen LogP contribution in [0, 0.1) is 17.5 Å². The summed E-state index contributed by atoms with van der Waals surface area (Å²) in [5.41, 5.74) is 1.51. The highest BCUT2D eigenvalue weighted by Crippen LogP contribution is 2.28. The lowest BCUT2D eigenvalue weighted by Gasteiger charge is -2.12. The predicted octanol–water partition coefficient (Wildman–Crippen LogP) is 5.11. The van der Waals surface area contributed by atoms with Crippen LogP contribution in [-0.4, -0.2) is 9.55 Å². The number of rotatable bonds is 2. The standard InChI is InChI=1S/C14H12BrFN2OS/c1-7-3-4-13(19-7)8(2)18-12-6-10(16)9(15)5-11(12)17-14(18)20/h3-6,8H,1-2H3,(H,17,20). The van der Waals surface area contributed by atoms with E-state index >= 15 is 0 Å². The van der Waals surface area contributed by atoms with E-state index in [2.05, 4.69) is 20.9 Å². The number of fused-ring (bicyclic) bond motifs is 1. The van der Waals surface area contributed by atoms with Gasteiger partial charge in [-0.25, -0.2) is 4.39 Å². The van der Waals surface area contributed by atoms with Crippen LogP contribution in [0.1, 0.15) is 24.5 Å². The van der Waals surface area contributed by atoms with E-state index in [1.165, 1.54) is 6.07 Å². The van der Waals surface area contributed by atoms with Crippen molar-refractivity contribution in [2.24, 2.45) is 0 Å². The molecular weight excluding hydrogens is 343 g/mol. The van der Waals surface area contributed by atoms with Gasteiger partial charge < -0.3 is 14.0 Å². The molecule has 0 saturated carbocycles. The van der Waals surface area contributed by atoms with Crippen LogP contribution < -0.4 is 0 Å². The van der Waals surface area contributed by atoms with Gasteiger partial charge in [0.25, 0.3) is 0 Å². The largest absolute Gasteiger partial charge is 0.464 e. The minimum Gasteiger partial charge on any atom is -0.464 e. The summed E-state index contributed by atoms with van der Waals surface area (Å²) in [6, 6.07) is 6.87. The Kier molecular flexibility index (Phi) is 3.30. The van der Waals surface area contributed by atoms with Gasteiger partial charge in [0.1, 0.15) is 17.3 Å². The van der Waals surface area contributed by atoms with Crippen molar-refractivity contribution in [3.8, 4) is 0 Å². The highest BCUT2D eigenvalue weighted by Gasteiger charge is 2.17. The average Bonchev–Trinajstić information content (AvgIpc) is 2.93. The number of halogens is 2. The zero-order valence-electron chi connectivity index (χ0n) is 10.9. The van der Waals surface area contributed by atoms with Crippen molar-refractivity contribution in [1.29, 1.82) is 0 Å². The third kappa shape index (κ3) is 2.13. The van der Waals surface area contributed by atoms with Crippen molar-refractivity contribution < 1.29 is 8.81 Å². The summed E-state index contributed by atoms with van der Waals surface area (Å²) in [4.78, 5) is 3.09. The highest BCUT2D eigenvalue weighted by molar-refractivity contribution is 9.10. The first-order valence-electron chi connectivity index (χ1n) is 6.13. The number of nitrogens with zero attached hydrogens (tertiary/aromatic N) is 1. The van der Waals surface area contributed by atoms with E-state index in [0.29, 0.717) is 9.24 Å². The molecule has 0 fully saturated rings. The van der Waals surface area contributed by atoms with E-state index < -0.39 is 0 Å². The summed E-state index contributed by atoms with van der Waals surface area (Å²) >= 11 is 8.53. The fourth-order valence-electron chi connectivity index (χ4n) is 2.31. The molecule has 0 saturated heterocycles. The van der Waals surface area contributed by atoms with Gasteiger partial charge in [0.2, 0.25) is 0 Å². The van der Waals surface area contributed by atoms with Crippen molar-refractivity contribution in [2.75, 3.05) is 0 Å². The minimum absolute atomic E-state index is 0.106. The van der Waals surface area contributed by atoms with Crippen LogP contribution in [-0.2, 0) is 0 Å². The Morgan fingerprint density at radius 1 is 1.40 bits per heavy atom. The fourth-order valence-corrected chi connectivity index (χ4v) is 3.02. The summed E-state index contributed by atoms with van der Waals surface area (Å²) in [7, 11) is 0. The molecule has 3 aromatic rings. The van der Waals surface area contributed by atoms with Crippen LogP contribution in [0.25, 0.3) is 11.0 Å². The Balaban J connectivity index is 2.23. The normalized spacial score (nSPS) is 13.0. The Hall–Kier alpha value is -1.40. The van der Waals surface area contributed by atoms with Gasteiger partial charge in [-0.15, -0.1) is 0 Å².